The summed E-state index contributed by atoms with van der Waals surface area (Å²) < 4.78 is 2.91. The third-order valence-electron chi connectivity index (χ3n) is 3.98. The molecule has 2 rings (SSSR count). The molecule has 1 atom stereocenters. The Kier molecular flexibility index (Phi) is 9.16. The number of hydrogen-bond donors (Lipinski definition) is 6. The molecule has 0 aliphatic heterocycles. The van der Waals surface area contributed by atoms with Crippen molar-refractivity contribution in [2.45, 2.75) is 18.3 Å². The number of amides is 2. The summed E-state index contributed by atoms with van der Waals surface area (Å²) in [4.78, 5) is 24.1. The van der Waals surface area contributed by atoms with Crippen molar-refractivity contribution in [1.29, 1.82) is 5.41 Å². The molecule has 0 saturated carbocycles. The van der Waals surface area contributed by atoms with E-state index < -0.39 is 11.9 Å². The zero-order valence-corrected chi connectivity index (χ0v) is 16.7. The van der Waals surface area contributed by atoms with Crippen LogP contribution in [0.5, 0.6) is 0 Å². The SMILES string of the molecule is N=C(N)c1ccc(CNC(=O)CNC(=O)C(CO)NSCc2ccccc2)cc1. The Morgan fingerprint density at radius 2 is 1.72 bits per heavy atom. The van der Waals surface area contributed by atoms with E-state index in [2.05, 4.69) is 15.4 Å². The number of nitrogens with two attached hydrogens (primary N) is 1. The minimum atomic E-state index is -0.810. The number of benzene rings is 2. The lowest BCUT2D eigenvalue weighted by molar-refractivity contribution is -0.127. The van der Waals surface area contributed by atoms with Crippen LogP contribution in [-0.2, 0) is 21.9 Å². The second kappa shape index (κ2) is 11.8. The van der Waals surface area contributed by atoms with E-state index in [0.717, 1.165) is 11.1 Å². The fraction of sp³-hybridized carbons (Fsp3) is 0.250. The first-order valence-corrected chi connectivity index (χ1v) is 9.98. The Labute approximate surface area is 173 Å². The monoisotopic (exact) mass is 415 g/mol. The van der Waals surface area contributed by atoms with Crippen LogP contribution in [0, 0.1) is 5.41 Å². The average molecular weight is 416 g/mol. The maximum Gasteiger partial charge on any atom is 0.240 e. The molecule has 0 fully saturated rings. The van der Waals surface area contributed by atoms with Crippen molar-refractivity contribution in [2.24, 2.45) is 5.73 Å². The molecular weight excluding hydrogens is 390 g/mol. The predicted octanol–water partition coefficient (Wildman–Crippen LogP) is 0.502. The van der Waals surface area contributed by atoms with Crippen LogP contribution in [0.15, 0.2) is 54.6 Å². The summed E-state index contributed by atoms with van der Waals surface area (Å²) in [6.45, 7) is -0.273. The van der Waals surface area contributed by atoms with Crippen LogP contribution in [0.4, 0.5) is 0 Å². The Hall–Kier alpha value is -2.88. The number of nitrogens with one attached hydrogen (secondary N) is 4. The molecule has 0 heterocycles. The van der Waals surface area contributed by atoms with Gasteiger partial charge in [-0.2, -0.15) is 0 Å². The lowest BCUT2D eigenvalue weighted by Crippen LogP contribution is -2.47. The number of nitrogen functional groups attached to an aromatic ring is 1. The van der Waals surface area contributed by atoms with Crippen LogP contribution in [0.1, 0.15) is 16.7 Å². The Morgan fingerprint density at radius 1 is 1.03 bits per heavy atom. The largest absolute Gasteiger partial charge is 0.394 e. The third kappa shape index (κ3) is 7.94. The van der Waals surface area contributed by atoms with E-state index in [9.17, 15) is 14.7 Å². The lowest BCUT2D eigenvalue weighted by atomic mass is 10.1. The molecule has 8 nitrogen and oxygen atoms in total. The van der Waals surface area contributed by atoms with E-state index >= 15 is 0 Å². The highest BCUT2D eigenvalue weighted by molar-refractivity contribution is 7.96. The minimum Gasteiger partial charge on any atom is -0.394 e. The van der Waals surface area contributed by atoms with Gasteiger partial charge in [0.25, 0.3) is 0 Å². The summed E-state index contributed by atoms with van der Waals surface area (Å²) in [5.41, 5.74) is 7.95. The van der Waals surface area contributed by atoms with E-state index in [1.807, 2.05) is 30.3 Å². The highest BCUT2D eigenvalue weighted by Gasteiger charge is 2.17. The number of rotatable bonds is 11. The molecule has 0 aromatic heterocycles. The van der Waals surface area contributed by atoms with E-state index in [1.54, 1.807) is 24.3 Å². The average Bonchev–Trinajstić information content (AvgIpc) is 2.74. The molecule has 0 radical (unpaired) electrons. The Morgan fingerprint density at radius 3 is 2.34 bits per heavy atom. The molecular formula is C20H25N5O3S. The van der Waals surface area contributed by atoms with Crippen LogP contribution in [0.25, 0.3) is 0 Å². The van der Waals surface area contributed by atoms with Gasteiger partial charge in [-0.1, -0.05) is 66.5 Å². The second-order valence-corrected chi connectivity index (χ2v) is 7.05. The molecule has 0 saturated heterocycles. The molecule has 2 amide bonds. The van der Waals surface area contributed by atoms with Crippen molar-refractivity contribution in [1.82, 2.24) is 15.4 Å². The molecule has 29 heavy (non-hydrogen) atoms. The first-order valence-electron chi connectivity index (χ1n) is 8.99. The van der Waals surface area contributed by atoms with Crippen LogP contribution in [0.2, 0.25) is 0 Å². The molecule has 1 unspecified atom stereocenters. The molecule has 0 bridgehead atoms. The summed E-state index contributed by atoms with van der Waals surface area (Å²) in [5.74, 6) is -0.165. The summed E-state index contributed by atoms with van der Waals surface area (Å²) in [6, 6.07) is 15.9. The van der Waals surface area contributed by atoms with Gasteiger partial charge >= 0.3 is 0 Å². The van der Waals surface area contributed by atoms with E-state index in [4.69, 9.17) is 11.1 Å². The zero-order chi connectivity index (χ0) is 21.1. The van der Waals surface area contributed by atoms with Gasteiger partial charge in [0.15, 0.2) is 0 Å². The van der Waals surface area contributed by atoms with Gasteiger partial charge in [-0.15, -0.1) is 0 Å². The van der Waals surface area contributed by atoms with Gasteiger partial charge in [-0.3, -0.25) is 15.0 Å². The smallest absolute Gasteiger partial charge is 0.240 e. The summed E-state index contributed by atoms with van der Waals surface area (Å²) in [5, 5.41) is 22.0. The summed E-state index contributed by atoms with van der Waals surface area (Å²) in [6.07, 6.45) is 0. The number of aliphatic hydroxyl groups is 1. The van der Waals surface area contributed by atoms with Gasteiger partial charge in [-0.25, -0.2) is 4.72 Å². The Balaban J connectivity index is 1.68. The highest BCUT2D eigenvalue weighted by atomic mass is 32.2. The lowest BCUT2D eigenvalue weighted by Gasteiger charge is -2.15. The van der Waals surface area contributed by atoms with E-state index in [-0.39, 0.29) is 24.9 Å². The zero-order valence-electron chi connectivity index (χ0n) is 15.9. The van der Waals surface area contributed by atoms with Gasteiger partial charge in [0.1, 0.15) is 11.9 Å². The maximum atomic E-state index is 12.1. The van der Waals surface area contributed by atoms with Crippen molar-refractivity contribution < 1.29 is 14.7 Å². The standard InChI is InChI=1S/C20H25N5O3S/c21-19(22)16-8-6-14(7-9-16)10-23-18(27)11-24-20(28)17(12-26)25-29-13-15-4-2-1-3-5-15/h1-9,17,25-26H,10-13H2,(H3,21,22)(H,23,27)(H,24,28). The van der Waals surface area contributed by atoms with Gasteiger partial charge in [0.2, 0.25) is 11.8 Å². The number of carbonyl (C=O) groups is 2. The van der Waals surface area contributed by atoms with Crippen LogP contribution in [0.3, 0.4) is 0 Å². The third-order valence-corrected chi connectivity index (χ3v) is 4.91. The molecule has 154 valence electrons. The molecule has 2 aromatic rings. The van der Waals surface area contributed by atoms with Crippen LogP contribution >= 0.6 is 11.9 Å². The van der Waals surface area contributed by atoms with Crippen molar-refractivity contribution in [2.75, 3.05) is 13.2 Å². The molecule has 0 aliphatic carbocycles. The molecule has 7 N–H and O–H groups in total. The predicted molar refractivity (Wildman–Crippen MR) is 114 cm³/mol. The first-order chi connectivity index (χ1) is 14.0. The first kappa shape index (κ1) is 22.4. The number of amidine groups is 1. The highest BCUT2D eigenvalue weighted by Crippen LogP contribution is 2.09. The normalized spacial score (nSPS) is 11.5. The minimum absolute atomic E-state index is 0.0164. The van der Waals surface area contributed by atoms with Gasteiger partial charge in [0, 0.05) is 17.9 Å². The van der Waals surface area contributed by atoms with Gasteiger partial charge < -0.3 is 21.5 Å². The van der Waals surface area contributed by atoms with Crippen molar-refractivity contribution in [3.05, 3.63) is 71.3 Å². The Bertz CT molecular complexity index is 815. The topological polar surface area (TPSA) is 140 Å². The quantitative estimate of drug-likeness (QED) is 0.179. The van der Waals surface area contributed by atoms with E-state index in [1.165, 1.54) is 11.9 Å². The summed E-state index contributed by atoms with van der Waals surface area (Å²) in [7, 11) is 0. The fourth-order valence-corrected chi connectivity index (χ4v) is 3.15. The fourth-order valence-electron chi connectivity index (χ4n) is 2.33. The van der Waals surface area contributed by atoms with Gasteiger partial charge in [-0.05, 0) is 11.1 Å². The number of aliphatic hydroxyl groups excluding tert-OH is 1. The molecule has 2 aromatic carbocycles. The molecule has 9 heteroatoms. The number of hydrogen-bond acceptors (Lipinski definition) is 6. The van der Waals surface area contributed by atoms with Crippen molar-refractivity contribution in [3.63, 3.8) is 0 Å². The second-order valence-electron chi connectivity index (χ2n) is 6.23. The van der Waals surface area contributed by atoms with Crippen LogP contribution < -0.4 is 21.1 Å². The van der Waals surface area contributed by atoms with E-state index in [0.29, 0.717) is 17.9 Å². The molecule has 0 aliphatic rings. The van der Waals surface area contributed by atoms with Crippen molar-refractivity contribution >= 4 is 29.6 Å². The number of carbonyl (C=O) groups excluding carboxylic acids is 2. The summed E-state index contributed by atoms with van der Waals surface area (Å²) >= 11 is 1.32. The van der Waals surface area contributed by atoms with Crippen LogP contribution in [-0.4, -0.2) is 41.9 Å². The van der Waals surface area contributed by atoms with Gasteiger partial charge in [0.05, 0.1) is 13.2 Å². The van der Waals surface area contributed by atoms with Crippen molar-refractivity contribution in [3.8, 4) is 0 Å². The molecule has 0 spiro atoms. The maximum absolute atomic E-state index is 12.1.